The average Bonchev–Trinajstić information content (AvgIpc) is 2.38. The molecule has 0 fully saturated rings. The van der Waals surface area contributed by atoms with Gasteiger partial charge < -0.3 is 15.3 Å². The van der Waals surface area contributed by atoms with Gasteiger partial charge in [0.05, 0.1) is 24.5 Å². The predicted molar refractivity (Wildman–Crippen MR) is 79.5 cm³/mol. The van der Waals surface area contributed by atoms with Crippen LogP contribution in [0.1, 0.15) is 13.3 Å². The maximum atomic E-state index is 12.0. The fraction of sp³-hybridized carbons (Fsp3) is 0.667. The van der Waals surface area contributed by atoms with Crippen molar-refractivity contribution in [2.24, 2.45) is 0 Å². The van der Waals surface area contributed by atoms with Gasteiger partial charge in [-0.3, -0.25) is 4.79 Å². The maximum Gasteiger partial charge on any atom is 0.283 e. The summed E-state index contributed by atoms with van der Waals surface area (Å²) in [6, 6.07) is 0. The number of nitrogens with zero attached hydrogens (tertiary/aromatic N) is 3. The highest BCUT2D eigenvalue weighted by molar-refractivity contribution is 9.10. The molecule has 0 saturated heterocycles. The number of hydrogen-bond acceptors (Lipinski definition) is 5. The van der Waals surface area contributed by atoms with E-state index in [9.17, 15) is 9.90 Å². The fourth-order valence-corrected chi connectivity index (χ4v) is 1.86. The number of hydrogen-bond donors (Lipinski definition) is 2. The van der Waals surface area contributed by atoms with Crippen molar-refractivity contribution in [1.29, 1.82) is 0 Å². The Hall–Kier alpha value is -0.920. The second-order valence-electron chi connectivity index (χ2n) is 4.65. The second-order valence-corrected chi connectivity index (χ2v) is 5.44. The molecule has 1 unspecified atom stereocenters. The molecule has 1 heterocycles. The smallest absolute Gasteiger partial charge is 0.283 e. The van der Waals surface area contributed by atoms with Crippen molar-refractivity contribution in [3.63, 3.8) is 0 Å². The van der Waals surface area contributed by atoms with E-state index in [1.54, 1.807) is 6.20 Å². The topological polar surface area (TPSA) is 70.4 Å². The molecule has 0 amide bonds. The molecule has 108 valence electrons. The summed E-state index contributed by atoms with van der Waals surface area (Å²) >= 11 is 3.28. The summed E-state index contributed by atoms with van der Waals surface area (Å²) in [6.07, 6.45) is 1.84. The van der Waals surface area contributed by atoms with Crippen LogP contribution in [0.2, 0.25) is 0 Å². The molecule has 0 radical (unpaired) electrons. The standard InChI is InChI=1S/C12H21BrN4O2/c1-4-9(18)7-14-10-8-15-17(6-5-16(2)3)12(19)11(10)13/h8-9,14,18H,4-7H2,1-3H3. The lowest BCUT2D eigenvalue weighted by Gasteiger charge is -2.14. The zero-order valence-electron chi connectivity index (χ0n) is 11.6. The predicted octanol–water partition coefficient (Wildman–Crippen LogP) is 0.750. The van der Waals surface area contributed by atoms with Gasteiger partial charge in [0.15, 0.2) is 0 Å². The quantitative estimate of drug-likeness (QED) is 0.771. The van der Waals surface area contributed by atoms with Gasteiger partial charge in [-0.15, -0.1) is 0 Å². The minimum Gasteiger partial charge on any atom is -0.391 e. The molecule has 0 saturated carbocycles. The van der Waals surface area contributed by atoms with Crippen molar-refractivity contribution in [1.82, 2.24) is 14.7 Å². The van der Waals surface area contributed by atoms with Crippen molar-refractivity contribution in [3.05, 3.63) is 21.0 Å². The highest BCUT2D eigenvalue weighted by Crippen LogP contribution is 2.16. The molecule has 0 spiro atoms. The van der Waals surface area contributed by atoms with Crippen LogP contribution >= 0.6 is 15.9 Å². The Morgan fingerprint density at radius 3 is 2.84 bits per heavy atom. The van der Waals surface area contributed by atoms with E-state index in [0.29, 0.717) is 29.7 Å². The van der Waals surface area contributed by atoms with Crippen LogP contribution in [-0.2, 0) is 6.54 Å². The number of likely N-dealkylation sites (N-methyl/N-ethyl adjacent to an activating group) is 1. The van der Waals surface area contributed by atoms with Crippen molar-refractivity contribution < 1.29 is 5.11 Å². The number of nitrogens with one attached hydrogen (secondary N) is 1. The normalized spacial score (nSPS) is 12.7. The molecular formula is C12H21BrN4O2. The van der Waals surface area contributed by atoms with Crippen LogP contribution in [0.4, 0.5) is 5.69 Å². The van der Waals surface area contributed by atoms with Gasteiger partial charge in [-0.05, 0) is 36.4 Å². The van der Waals surface area contributed by atoms with Crippen LogP contribution in [0.3, 0.4) is 0 Å². The third kappa shape index (κ3) is 4.93. The molecule has 7 heteroatoms. The minimum absolute atomic E-state index is 0.169. The number of aliphatic hydroxyl groups excluding tert-OH is 1. The third-order valence-corrected chi connectivity index (χ3v) is 3.51. The van der Waals surface area contributed by atoms with Crippen molar-refractivity contribution in [2.45, 2.75) is 26.0 Å². The molecule has 1 aromatic rings. The first-order chi connectivity index (χ1) is 8.95. The van der Waals surface area contributed by atoms with E-state index >= 15 is 0 Å². The first-order valence-corrected chi connectivity index (χ1v) is 7.07. The van der Waals surface area contributed by atoms with Crippen LogP contribution in [0.15, 0.2) is 15.5 Å². The zero-order chi connectivity index (χ0) is 14.4. The summed E-state index contributed by atoms with van der Waals surface area (Å²) < 4.78 is 1.87. The van der Waals surface area contributed by atoms with Gasteiger partial charge in [-0.2, -0.15) is 5.10 Å². The second kappa shape index (κ2) is 7.62. The van der Waals surface area contributed by atoms with Gasteiger partial charge in [0, 0.05) is 13.1 Å². The number of rotatable bonds is 7. The van der Waals surface area contributed by atoms with Gasteiger partial charge in [0.1, 0.15) is 4.47 Å². The van der Waals surface area contributed by atoms with Gasteiger partial charge in [0.2, 0.25) is 0 Å². The minimum atomic E-state index is -0.428. The summed E-state index contributed by atoms with van der Waals surface area (Å²) in [5, 5.41) is 16.6. The van der Waals surface area contributed by atoms with Crippen LogP contribution < -0.4 is 10.9 Å². The molecule has 0 aliphatic heterocycles. The number of halogens is 1. The van der Waals surface area contributed by atoms with Crippen molar-refractivity contribution in [2.75, 3.05) is 32.5 Å². The molecule has 0 aliphatic carbocycles. The molecule has 1 atom stereocenters. The Labute approximate surface area is 121 Å². The SMILES string of the molecule is CCC(O)CNc1cnn(CCN(C)C)c(=O)c1Br. The van der Waals surface area contributed by atoms with Crippen LogP contribution in [0.25, 0.3) is 0 Å². The third-order valence-electron chi connectivity index (χ3n) is 2.74. The molecule has 1 aromatic heterocycles. The number of aromatic nitrogens is 2. The van der Waals surface area contributed by atoms with Crippen molar-refractivity contribution >= 4 is 21.6 Å². The Bertz CT molecular complexity index is 462. The zero-order valence-corrected chi connectivity index (χ0v) is 13.1. The van der Waals surface area contributed by atoms with E-state index in [1.165, 1.54) is 4.68 Å². The summed E-state index contributed by atoms with van der Waals surface area (Å²) in [4.78, 5) is 14.0. The first kappa shape index (κ1) is 16.1. The monoisotopic (exact) mass is 332 g/mol. The van der Waals surface area contributed by atoms with Crippen LogP contribution in [0, 0.1) is 0 Å². The molecule has 0 aliphatic rings. The van der Waals surface area contributed by atoms with E-state index in [1.807, 2.05) is 25.9 Å². The maximum absolute atomic E-state index is 12.0. The van der Waals surface area contributed by atoms with Crippen LogP contribution in [0.5, 0.6) is 0 Å². The van der Waals surface area contributed by atoms with Crippen molar-refractivity contribution in [3.8, 4) is 0 Å². The Morgan fingerprint density at radius 1 is 1.58 bits per heavy atom. The largest absolute Gasteiger partial charge is 0.391 e. The summed E-state index contributed by atoms with van der Waals surface area (Å²) in [5.41, 5.74) is 0.441. The fourth-order valence-electron chi connectivity index (χ4n) is 1.41. The summed E-state index contributed by atoms with van der Waals surface area (Å²) in [6.45, 7) is 3.60. The highest BCUT2D eigenvalue weighted by Gasteiger charge is 2.10. The van der Waals surface area contributed by atoms with Gasteiger partial charge in [0.25, 0.3) is 5.56 Å². The molecular weight excluding hydrogens is 312 g/mol. The highest BCUT2D eigenvalue weighted by atomic mass is 79.9. The lowest BCUT2D eigenvalue weighted by molar-refractivity contribution is 0.183. The number of aliphatic hydroxyl groups is 1. The van der Waals surface area contributed by atoms with Gasteiger partial charge in [-0.1, -0.05) is 6.92 Å². The molecule has 19 heavy (non-hydrogen) atoms. The Kier molecular flexibility index (Phi) is 6.47. The van der Waals surface area contributed by atoms with E-state index in [2.05, 4.69) is 26.3 Å². The lowest BCUT2D eigenvalue weighted by Crippen LogP contribution is -2.30. The van der Waals surface area contributed by atoms with Gasteiger partial charge >= 0.3 is 0 Å². The Morgan fingerprint density at radius 2 is 2.26 bits per heavy atom. The van der Waals surface area contributed by atoms with Crippen LogP contribution in [-0.4, -0.2) is 53.1 Å². The molecule has 0 aromatic carbocycles. The summed E-state index contributed by atoms with van der Waals surface area (Å²) in [7, 11) is 3.89. The van der Waals surface area contributed by atoms with E-state index in [0.717, 1.165) is 6.54 Å². The molecule has 1 rings (SSSR count). The van der Waals surface area contributed by atoms with E-state index < -0.39 is 6.10 Å². The Balaban J connectivity index is 2.77. The van der Waals surface area contributed by atoms with E-state index in [4.69, 9.17) is 0 Å². The lowest BCUT2D eigenvalue weighted by atomic mass is 10.3. The average molecular weight is 333 g/mol. The van der Waals surface area contributed by atoms with E-state index in [-0.39, 0.29) is 5.56 Å². The molecule has 0 bridgehead atoms. The summed E-state index contributed by atoms with van der Waals surface area (Å²) in [5.74, 6) is 0. The first-order valence-electron chi connectivity index (χ1n) is 6.28. The number of anilines is 1. The molecule has 2 N–H and O–H groups in total. The molecule has 6 nitrogen and oxygen atoms in total. The van der Waals surface area contributed by atoms with Gasteiger partial charge in [-0.25, -0.2) is 4.68 Å².